The lowest BCUT2D eigenvalue weighted by Gasteiger charge is -2.20. The van der Waals surface area contributed by atoms with E-state index in [-0.39, 0.29) is 11.3 Å². The van der Waals surface area contributed by atoms with Crippen molar-refractivity contribution in [2.45, 2.75) is 38.1 Å². The Morgan fingerprint density at radius 2 is 1.96 bits per heavy atom. The second kappa shape index (κ2) is 5.78. The molecule has 1 aromatic heterocycles. The van der Waals surface area contributed by atoms with Gasteiger partial charge in [-0.1, -0.05) is 24.3 Å². The zero-order chi connectivity index (χ0) is 18.6. The van der Waals surface area contributed by atoms with Crippen LogP contribution in [0.3, 0.4) is 0 Å². The topological polar surface area (TPSA) is 51.0 Å². The number of benzene rings is 2. The van der Waals surface area contributed by atoms with Crippen LogP contribution in [0.1, 0.15) is 45.7 Å². The molecule has 0 spiro atoms. The Kier molecular flexibility index (Phi) is 3.47. The van der Waals surface area contributed by atoms with Crippen LogP contribution < -0.4 is 4.90 Å². The molecule has 2 aromatic carbocycles. The van der Waals surface area contributed by atoms with Gasteiger partial charge in [-0.15, -0.1) is 10.2 Å². The summed E-state index contributed by atoms with van der Waals surface area (Å²) in [6, 6.07) is 14.5. The highest BCUT2D eigenvalue weighted by Crippen LogP contribution is 2.51. The van der Waals surface area contributed by atoms with Crippen molar-refractivity contribution >= 4 is 11.6 Å². The van der Waals surface area contributed by atoms with Crippen LogP contribution in [0, 0.1) is 6.92 Å². The third kappa shape index (κ3) is 2.57. The van der Waals surface area contributed by atoms with Crippen LogP contribution >= 0.6 is 0 Å². The number of aryl methyl sites for hydroxylation is 2. The summed E-state index contributed by atoms with van der Waals surface area (Å²) in [5, 5.41) is 8.27. The molecule has 136 valence electrons. The minimum absolute atomic E-state index is 0.101. The number of anilines is 1. The summed E-state index contributed by atoms with van der Waals surface area (Å²) in [7, 11) is 1.99. The minimum Gasteiger partial charge on any atom is -0.321 e. The predicted molar refractivity (Wildman–Crippen MR) is 104 cm³/mol. The Bertz CT molecular complexity index is 1050. The molecule has 1 aliphatic carbocycles. The van der Waals surface area contributed by atoms with Crippen LogP contribution in [0.2, 0.25) is 0 Å². The van der Waals surface area contributed by atoms with Gasteiger partial charge in [-0.05, 0) is 54.7 Å². The van der Waals surface area contributed by atoms with E-state index in [9.17, 15) is 4.79 Å². The summed E-state index contributed by atoms with van der Waals surface area (Å²) in [4.78, 5) is 14.8. The monoisotopic (exact) mass is 358 g/mol. The van der Waals surface area contributed by atoms with E-state index in [1.807, 2.05) is 34.7 Å². The second-order valence-electron chi connectivity index (χ2n) is 7.86. The standard InChI is InChI=1S/C22H22N4O/c1-15-5-3-8-18-19(15)13-26(21(18)27)17-7-4-6-16(11-17)22(9-10-22)12-20-24-23-14-25(20)2/h3-8,11,14H,9-10,12-13H2,1-2H3. The molecule has 1 amide bonds. The lowest BCUT2D eigenvalue weighted by Crippen LogP contribution is -2.23. The average molecular weight is 358 g/mol. The number of rotatable bonds is 4. The molecule has 1 fully saturated rings. The summed E-state index contributed by atoms with van der Waals surface area (Å²) in [5.41, 5.74) is 5.57. The van der Waals surface area contributed by atoms with Gasteiger partial charge in [0.25, 0.3) is 5.91 Å². The van der Waals surface area contributed by atoms with Crippen LogP contribution in [0.4, 0.5) is 5.69 Å². The maximum Gasteiger partial charge on any atom is 0.258 e. The van der Waals surface area contributed by atoms with E-state index in [4.69, 9.17) is 0 Å². The van der Waals surface area contributed by atoms with Crippen molar-refractivity contribution in [2.24, 2.45) is 7.05 Å². The molecule has 0 bridgehead atoms. The molecule has 5 heteroatoms. The van der Waals surface area contributed by atoms with Gasteiger partial charge in [-0.25, -0.2) is 0 Å². The third-order valence-electron chi connectivity index (χ3n) is 6.13. The van der Waals surface area contributed by atoms with Gasteiger partial charge in [0.2, 0.25) is 0 Å². The summed E-state index contributed by atoms with van der Waals surface area (Å²) in [6.07, 6.45) is 4.94. The Labute approximate surface area is 158 Å². The smallest absolute Gasteiger partial charge is 0.258 e. The zero-order valence-electron chi connectivity index (χ0n) is 15.6. The van der Waals surface area contributed by atoms with E-state index in [1.54, 1.807) is 6.33 Å². The number of carbonyl (C=O) groups is 1. The first-order valence-electron chi connectivity index (χ1n) is 9.41. The molecule has 2 aliphatic rings. The van der Waals surface area contributed by atoms with Gasteiger partial charge >= 0.3 is 0 Å². The highest BCUT2D eigenvalue weighted by Gasteiger charge is 2.45. The van der Waals surface area contributed by atoms with E-state index >= 15 is 0 Å². The number of hydrogen-bond donors (Lipinski definition) is 0. The van der Waals surface area contributed by atoms with E-state index in [2.05, 4.69) is 41.4 Å². The molecule has 0 saturated heterocycles. The SMILES string of the molecule is Cc1cccc2c1CN(c1cccc(C3(Cc4nncn4C)CC3)c1)C2=O. The normalized spacial score (nSPS) is 17.3. The molecule has 3 aromatic rings. The fourth-order valence-electron chi connectivity index (χ4n) is 4.19. The third-order valence-corrected chi connectivity index (χ3v) is 6.13. The molecular formula is C22H22N4O. The fourth-order valence-corrected chi connectivity index (χ4v) is 4.19. The Hall–Kier alpha value is -2.95. The first-order valence-corrected chi connectivity index (χ1v) is 9.41. The van der Waals surface area contributed by atoms with Crippen molar-refractivity contribution in [1.82, 2.24) is 14.8 Å². The van der Waals surface area contributed by atoms with Crippen LogP contribution in [0.15, 0.2) is 48.8 Å². The van der Waals surface area contributed by atoms with Crippen LogP contribution in [-0.2, 0) is 25.4 Å². The highest BCUT2D eigenvalue weighted by molar-refractivity contribution is 6.10. The fraction of sp³-hybridized carbons (Fsp3) is 0.318. The molecule has 0 N–H and O–H groups in total. The Balaban J connectivity index is 1.46. The largest absolute Gasteiger partial charge is 0.321 e. The molecular weight excluding hydrogens is 336 g/mol. The second-order valence-corrected chi connectivity index (χ2v) is 7.86. The van der Waals surface area contributed by atoms with E-state index < -0.39 is 0 Å². The van der Waals surface area contributed by atoms with Crippen molar-refractivity contribution in [3.05, 3.63) is 76.9 Å². The zero-order valence-corrected chi connectivity index (χ0v) is 15.6. The average Bonchev–Trinajstić information content (AvgIpc) is 3.23. The van der Waals surface area contributed by atoms with Crippen LogP contribution in [0.5, 0.6) is 0 Å². The van der Waals surface area contributed by atoms with E-state index in [1.165, 1.54) is 11.1 Å². The molecule has 5 rings (SSSR count). The van der Waals surface area contributed by atoms with Gasteiger partial charge in [0, 0.05) is 30.1 Å². The molecule has 0 atom stereocenters. The number of nitrogens with zero attached hydrogens (tertiary/aromatic N) is 4. The summed E-state index contributed by atoms with van der Waals surface area (Å²) in [5.74, 6) is 1.11. The Morgan fingerprint density at radius 1 is 1.15 bits per heavy atom. The summed E-state index contributed by atoms with van der Waals surface area (Å²) < 4.78 is 1.99. The number of hydrogen-bond acceptors (Lipinski definition) is 3. The first kappa shape index (κ1) is 16.2. The number of carbonyl (C=O) groups excluding carboxylic acids is 1. The summed E-state index contributed by atoms with van der Waals surface area (Å²) >= 11 is 0. The quantitative estimate of drug-likeness (QED) is 0.717. The first-order chi connectivity index (χ1) is 13.1. The predicted octanol–water partition coefficient (Wildman–Crippen LogP) is 3.56. The molecule has 0 unspecified atom stereocenters. The van der Waals surface area contributed by atoms with Gasteiger partial charge < -0.3 is 9.47 Å². The lowest BCUT2D eigenvalue weighted by atomic mass is 9.91. The maximum atomic E-state index is 12.9. The molecule has 2 heterocycles. The van der Waals surface area contributed by atoms with Gasteiger partial charge in [0.1, 0.15) is 12.2 Å². The molecule has 5 nitrogen and oxygen atoms in total. The Morgan fingerprint density at radius 3 is 2.67 bits per heavy atom. The van der Waals surface area contributed by atoms with Crippen molar-refractivity contribution in [3.63, 3.8) is 0 Å². The van der Waals surface area contributed by atoms with Crippen molar-refractivity contribution in [2.75, 3.05) is 4.90 Å². The minimum atomic E-state index is 0.101. The molecule has 1 aliphatic heterocycles. The van der Waals surface area contributed by atoms with Crippen molar-refractivity contribution < 1.29 is 4.79 Å². The van der Waals surface area contributed by atoms with Gasteiger partial charge in [-0.3, -0.25) is 4.79 Å². The van der Waals surface area contributed by atoms with Gasteiger partial charge in [0.15, 0.2) is 0 Å². The summed E-state index contributed by atoms with van der Waals surface area (Å²) in [6.45, 7) is 2.73. The molecule has 0 radical (unpaired) electrons. The van der Waals surface area contributed by atoms with Crippen molar-refractivity contribution in [1.29, 1.82) is 0 Å². The van der Waals surface area contributed by atoms with Gasteiger partial charge in [-0.2, -0.15) is 0 Å². The molecule has 27 heavy (non-hydrogen) atoms. The number of fused-ring (bicyclic) bond motifs is 1. The van der Waals surface area contributed by atoms with E-state index in [0.717, 1.165) is 41.9 Å². The lowest BCUT2D eigenvalue weighted by molar-refractivity contribution is 0.0996. The molecule has 1 saturated carbocycles. The van der Waals surface area contributed by atoms with Crippen molar-refractivity contribution in [3.8, 4) is 0 Å². The number of amides is 1. The van der Waals surface area contributed by atoms with Gasteiger partial charge in [0.05, 0.1) is 6.54 Å². The number of aromatic nitrogens is 3. The maximum absolute atomic E-state index is 12.9. The highest BCUT2D eigenvalue weighted by atomic mass is 16.2. The van der Waals surface area contributed by atoms with Crippen LogP contribution in [0.25, 0.3) is 0 Å². The van der Waals surface area contributed by atoms with E-state index in [0.29, 0.717) is 6.54 Å². The van der Waals surface area contributed by atoms with Crippen LogP contribution in [-0.4, -0.2) is 20.7 Å².